The number of hydrogen-bond acceptors (Lipinski definition) is 6. The van der Waals surface area contributed by atoms with Gasteiger partial charge in [-0.3, -0.25) is 0 Å². The van der Waals surface area contributed by atoms with Crippen LogP contribution < -0.4 is 19.5 Å². The van der Waals surface area contributed by atoms with Crippen molar-refractivity contribution in [1.82, 2.24) is 5.32 Å². The molecule has 0 radical (unpaired) electrons. The van der Waals surface area contributed by atoms with Crippen LogP contribution in [-0.4, -0.2) is 40.9 Å². The lowest BCUT2D eigenvalue weighted by Gasteiger charge is -2.12. The standard InChI is InChI=1S/C12H17NO5S/c1-13-7-9-5-11-12(18-8-17-11)6-10(9)16-3-4-19(2,14)15/h5-6,13H,3-4,7-8H2,1-2H3. The van der Waals surface area contributed by atoms with Crippen molar-refractivity contribution in [2.45, 2.75) is 6.54 Å². The molecule has 1 heterocycles. The van der Waals surface area contributed by atoms with Crippen LogP contribution in [-0.2, 0) is 16.4 Å². The summed E-state index contributed by atoms with van der Waals surface area (Å²) in [6.07, 6.45) is 1.19. The number of ether oxygens (including phenoxy) is 3. The first-order chi connectivity index (χ1) is 8.99. The monoisotopic (exact) mass is 287 g/mol. The molecule has 1 aliphatic rings. The van der Waals surface area contributed by atoms with Crippen LogP contribution in [0.2, 0.25) is 0 Å². The van der Waals surface area contributed by atoms with E-state index in [-0.39, 0.29) is 19.2 Å². The van der Waals surface area contributed by atoms with Crippen molar-refractivity contribution in [2.24, 2.45) is 0 Å². The van der Waals surface area contributed by atoms with Gasteiger partial charge in [0.25, 0.3) is 0 Å². The third-order valence-electron chi connectivity index (χ3n) is 2.63. The van der Waals surface area contributed by atoms with Gasteiger partial charge in [0, 0.05) is 24.4 Å². The molecule has 0 atom stereocenters. The SMILES string of the molecule is CNCc1cc2c(cc1OCCS(C)(=O)=O)OCO2. The maximum absolute atomic E-state index is 11.1. The van der Waals surface area contributed by atoms with Gasteiger partial charge in [-0.15, -0.1) is 0 Å². The molecule has 1 aliphatic heterocycles. The molecular formula is C12H17NO5S. The van der Waals surface area contributed by atoms with Gasteiger partial charge in [0.05, 0.1) is 5.75 Å². The molecule has 0 saturated heterocycles. The Morgan fingerprint density at radius 1 is 1.32 bits per heavy atom. The second kappa shape index (κ2) is 5.66. The molecule has 0 aliphatic carbocycles. The largest absolute Gasteiger partial charge is 0.492 e. The van der Waals surface area contributed by atoms with Crippen molar-refractivity contribution in [3.05, 3.63) is 17.7 Å². The van der Waals surface area contributed by atoms with E-state index in [1.165, 1.54) is 6.26 Å². The number of fused-ring (bicyclic) bond motifs is 1. The molecule has 0 fully saturated rings. The zero-order chi connectivity index (χ0) is 13.9. The average molecular weight is 287 g/mol. The Labute approximate surface area is 112 Å². The summed E-state index contributed by atoms with van der Waals surface area (Å²) in [7, 11) is -1.20. The lowest BCUT2D eigenvalue weighted by atomic mass is 10.1. The third-order valence-corrected chi connectivity index (χ3v) is 3.54. The van der Waals surface area contributed by atoms with Crippen LogP contribution in [0.25, 0.3) is 0 Å². The predicted molar refractivity (Wildman–Crippen MR) is 70.5 cm³/mol. The van der Waals surface area contributed by atoms with Gasteiger partial charge in [-0.1, -0.05) is 0 Å². The van der Waals surface area contributed by atoms with E-state index in [2.05, 4.69) is 5.32 Å². The minimum absolute atomic E-state index is 0.0135. The zero-order valence-electron chi connectivity index (χ0n) is 10.9. The number of benzene rings is 1. The summed E-state index contributed by atoms with van der Waals surface area (Å²) in [5, 5.41) is 3.03. The Morgan fingerprint density at radius 3 is 2.63 bits per heavy atom. The van der Waals surface area contributed by atoms with E-state index in [1.54, 1.807) is 6.07 Å². The molecule has 0 aromatic heterocycles. The summed E-state index contributed by atoms with van der Waals surface area (Å²) in [5.74, 6) is 1.90. The minimum Gasteiger partial charge on any atom is -0.492 e. The van der Waals surface area contributed by atoms with E-state index in [0.717, 1.165) is 5.56 Å². The molecule has 6 nitrogen and oxygen atoms in total. The number of hydrogen-bond donors (Lipinski definition) is 1. The van der Waals surface area contributed by atoms with Gasteiger partial charge in [0.1, 0.15) is 12.4 Å². The highest BCUT2D eigenvalue weighted by molar-refractivity contribution is 7.90. The first-order valence-corrected chi connectivity index (χ1v) is 7.93. The second-order valence-corrected chi connectivity index (χ2v) is 6.58. The van der Waals surface area contributed by atoms with Crippen LogP contribution in [0.4, 0.5) is 0 Å². The highest BCUT2D eigenvalue weighted by Gasteiger charge is 2.18. The topological polar surface area (TPSA) is 73.9 Å². The summed E-state index contributed by atoms with van der Waals surface area (Å²) < 4.78 is 38.3. The summed E-state index contributed by atoms with van der Waals surface area (Å²) in [6.45, 7) is 0.918. The first-order valence-electron chi connectivity index (χ1n) is 5.87. The summed E-state index contributed by atoms with van der Waals surface area (Å²) in [6, 6.07) is 3.58. The molecule has 2 rings (SSSR count). The molecule has 7 heteroatoms. The van der Waals surface area contributed by atoms with Gasteiger partial charge >= 0.3 is 0 Å². The van der Waals surface area contributed by atoms with Crippen LogP contribution in [0.15, 0.2) is 12.1 Å². The van der Waals surface area contributed by atoms with Crippen molar-refractivity contribution in [2.75, 3.05) is 32.5 Å². The predicted octanol–water partition coefficient (Wildman–Crippen LogP) is 0.558. The van der Waals surface area contributed by atoms with Crippen molar-refractivity contribution in [3.8, 4) is 17.2 Å². The zero-order valence-corrected chi connectivity index (χ0v) is 11.7. The highest BCUT2D eigenvalue weighted by atomic mass is 32.2. The number of rotatable bonds is 6. The molecule has 0 unspecified atom stereocenters. The molecule has 0 saturated carbocycles. The fourth-order valence-electron chi connectivity index (χ4n) is 1.73. The van der Waals surface area contributed by atoms with Crippen molar-refractivity contribution < 1.29 is 22.6 Å². The van der Waals surface area contributed by atoms with E-state index in [0.29, 0.717) is 23.8 Å². The molecular weight excluding hydrogens is 270 g/mol. The normalized spacial score (nSPS) is 13.6. The lowest BCUT2D eigenvalue weighted by Crippen LogP contribution is -2.14. The summed E-state index contributed by atoms with van der Waals surface area (Å²) in [5.41, 5.74) is 0.903. The fraction of sp³-hybridized carbons (Fsp3) is 0.500. The van der Waals surface area contributed by atoms with Gasteiger partial charge in [0.2, 0.25) is 6.79 Å². The van der Waals surface area contributed by atoms with Crippen LogP contribution in [0.3, 0.4) is 0 Å². The third kappa shape index (κ3) is 3.74. The number of sulfone groups is 1. The maximum atomic E-state index is 11.1. The van der Waals surface area contributed by atoms with Crippen LogP contribution in [0.5, 0.6) is 17.2 Å². The van der Waals surface area contributed by atoms with Gasteiger partial charge in [-0.05, 0) is 13.1 Å². The molecule has 0 spiro atoms. The van der Waals surface area contributed by atoms with E-state index in [4.69, 9.17) is 14.2 Å². The Kier molecular flexibility index (Phi) is 4.16. The Morgan fingerprint density at radius 2 is 2.00 bits per heavy atom. The maximum Gasteiger partial charge on any atom is 0.231 e. The van der Waals surface area contributed by atoms with Crippen LogP contribution >= 0.6 is 0 Å². The molecule has 0 amide bonds. The van der Waals surface area contributed by atoms with Crippen molar-refractivity contribution in [3.63, 3.8) is 0 Å². The minimum atomic E-state index is -3.03. The van der Waals surface area contributed by atoms with Gasteiger partial charge in [-0.25, -0.2) is 8.42 Å². The Balaban J connectivity index is 2.13. The Bertz CT molecular complexity index is 555. The Hall–Kier alpha value is -1.47. The molecule has 1 N–H and O–H groups in total. The number of nitrogens with one attached hydrogen (secondary N) is 1. The molecule has 0 bridgehead atoms. The fourth-order valence-corrected chi connectivity index (χ4v) is 2.12. The van der Waals surface area contributed by atoms with Gasteiger partial charge < -0.3 is 19.5 Å². The second-order valence-electron chi connectivity index (χ2n) is 4.32. The average Bonchev–Trinajstić information content (AvgIpc) is 2.75. The summed E-state index contributed by atoms with van der Waals surface area (Å²) in [4.78, 5) is 0. The van der Waals surface area contributed by atoms with E-state index < -0.39 is 9.84 Å². The highest BCUT2D eigenvalue weighted by Crippen LogP contribution is 2.38. The molecule has 1 aromatic carbocycles. The lowest BCUT2D eigenvalue weighted by molar-refractivity contribution is 0.173. The van der Waals surface area contributed by atoms with E-state index in [1.807, 2.05) is 13.1 Å². The van der Waals surface area contributed by atoms with Crippen LogP contribution in [0, 0.1) is 0 Å². The molecule has 106 valence electrons. The smallest absolute Gasteiger partial charge is 0.231 e. The van der Waals surface area contributed by atoms with Gasteiger partial charge in [-0.2, -0.15) is 0 Å². The van der Waals surface area contributed by atoms with E-state index >= 15 is 0 Å². The van der Waals surface area contributed by atoms with Crippen molar-refractivity contribution >= 4 is 9.84 Å². The molecule has 19 heavy (non-hydrogen) atoms. The van der Waals surface area contributed by atoms with E-state index in [9.17, 15) is 8.42 Å². The quantitative estimate of drug-likeness (QED) is 0.824. The summed E-state index contributed by atoms with van der Waals surface area (Å²) >= 11 is 0. The van der Waals surface area contributed by atoms with Gasteiger partial charge in [0.15, 0.2) is 21.3 Å². The molecule has 1 aromatic rings. The van der Waals surface area contributed by atoms with Crippen molar-refractivity contribution in [1.29, 1.82) is 0 Å². The first kappa shape index (κ1) is 14.0. The van der Waals surface area contributed by atoms with Crippen LogP contribution in [0.1, 0.15) is 5.56 Å².